The Balaban J connectivity index is 1.94. The Morgan fingerprint density at radius 1 is 1.43 bits per heavy atom. The van der Waals surface area contributed by atoms with Crippen LogP contribution in [0, 0.1) is 5.92 Å². The second-order valence-electron chi connectivity index (χ2n) is 5.48. The zero-order valence-electron chi connectivity index (χ0n) is 11.4. The summed E-state index contributed by atoms with van der Waals surface area (Å²) in [5.74, 6) is -1.94. The molecule has 0 saturated heterocycles. The molecule has 1 saturated carbocycles. The lowest BCUT2D eigenvalue weighted by Crippen LogP contribution is -2.48. The summed E-state index contributed by atoms with van der Waals surface area (Å²) < 4.78 is 38.2. The third-order valence-corrected chi connectivity index (χ3v) is 3.80. The van der Waals surface area contributed by atoms with E-state index >= 15 is 0 Å². The lowest BCUT2D eigenvalue weighted by Gasteiger charge is -2.37. The van der Waals surface area contributed by atoms with Crippen molar-refractivity contribution in [2.24, 2.45) is 5.92 Å². The van der Waals surface area contributed by atoms with Crippen LogP contribution in [-0.2, 0) is 0 Å². The number of halogens is 3. The first kappa shape index (κ1) is 15.8. The quantitative estimate of drug-likeness (QED) is 0.900. The molecule has 2 atom stereocenters. The topological polar surface area (TPSA) is 62.2 Å². The van der Waals surface area contributed by atoms with Crippen LogP contribution >= 0.6 is 0 Å². The van der Waals surface area contributed by atoms with E-state index < -0.39 is 23.6 Å². The highest BCUT2D eigenvalue weighted by molar-refractivity contribution is 5.93. The molecule has 0 aliphatic heterocycles. The zero-order valence-corrected chi connectivity index (χ0v) is 11.4. The van der Waals surface area contributed by atoms with E-state index in [1.807, 2.05) is 0 Å². The Hall–Kier alpha value is -1.63. The Bertz CT molecular complexity index is 493. The minimum absolute atomic E-state index is 0.0319. The van der Waals surface area contributed by atoms with E-state index in [1.165, 1.54) is 24.5 Å². The van der Waals surface area contributed by atoms with Crippen LogP contribution in [0.3, 0.4) is 0 Å². The van der Waals surface area contributed by atoms with E-state index in [4.69, 9.17) is 0 Å². The van der Waals surface area contributed by atoms with Crippen LogP contribution in [0.2, 0.25) is 0 Å². The fourth-order valence-corrected chi connectivity index (χ4v) is 2.63. The van der Waals surface area contributed by atoms with Crippen LogP contribution < -0.4 is 5.32 Å². The van der Waals surface area contributed by atoms with E-state index in [0.29, 0.717) is 12.0 Å². The fraction of sp³-hybridized carbons (Fsp3) is 0.571. The summed E-state index contributed by atoms with van der Waals surface area (Å²) in [6, 6.07) is 3.00. The molecule has 0 radical (unpaired) electrons. The zero-order chi connectivity index (χ0) is 15.5. The number of alkyl halides is 3. The van der Waals surface area contributed by atoms with Crippen molar-refractivity contribution in [3.63, 3.8) is 0 Å². The summed E-state index contributed by atoms with van der Waals surface area (Å²) >= 11 is 0. The molecule has 0 bridgehead atoms. The lowest BCUT2D eigenvalue weighted by atomic mass is 9.77. The van der Waals surface area contributed by atoms with Crippen molar-refractivity contribution in [3.05, 3.63) is 30.1 Å². The standard InChI is InChI=1S/C14H17F3N2O2/c15-14(16,17)11-2-1-5-13(21,8-11)9-19-12(20)10-3-6-18-7-4-10/h3-4,6-7,11,21H,1-2,5,8-9H2,(H,19,20)/t11-,13+/m1/s1. The van der Waals surface area contributed by atoms with Crippen molar-refractivity contribution in [1.82, 2.24) is 10.3 Å². The van der Waals surface area contributed by atoms with Crippen LogP contribution in [0.4, 0.5) is 13.2 Å². The number of carbonyl (C=O) groups excluding carboxylic acids is 1. The monoisotopic (exact) mass is 302 g/mol. The average Bonchev–Trinajstić information content (AvgIpc) is 2.45. The first-order valence-electron chi connectivity index (χ1n) is 6.77. The van der Waals surface area contributed by atoms with Gasteiger partial charge < -0.3 is 10.4 Å². The largest absolute Gasteiger partial charge is 0.391 e. The molecule has 0 spiro atoms. The second kappa shape index (κ2) is 6.01. The minimum Gasteiger partial charge on any atom is -0.388 e. The van der Waals surface area contributed by atoms with E-state index in [1.54, 1.807) is 0 Å². The number of rotatable bonds is 3. The van der Waals surface area contributed by atoms with Gasteiger partial charge in [-0.1, -0.05) is 0 Å². The summed E-state index contributed by atoms with van der Waals surface area (Å²) in [5.41, 5.74) is -1.14. The van der Waals surface area contributed by atoms with Gasteiger partial charge in [0, 0.05) is 24.5 Å². The van der Waals surface area contributed by atoms with Crippen LogP contribution in [0.25, 0.3) is 0 Å². The summed E-state index contributed by atoms with van der Waals surface area (Å²) in [7, 11) is 0. The third kappa shape index (κ3) is 4.17. The van der Waals surface area contributed by atoms with Gasteiger partial charge in [-0.2, -0.15) is 13.2 Å². The van der Waals surface area contributed by atoms with Crippen molar-refractivity contribution in [1.29, 1.82) is 0 Å². The molecule has 0 aromatic carbocycles. The van der Waals surface area contributed by atoms with Gasteiger partial charge in [0.15, 0.2) is 0 Å². The number of hydrogen-bond acceptors (Lipinski definition) is 3. The molecule has 1 fully saturated rings. The molecule has 2 rings (SSSR count). The molecular formula is C14H17F3N2O2. The summed E-state index contributed by atoms with van der Waals surface area (Å²) in [6.45, 7) is -0.180. The SMILES string of the molecule is O=C(NC[C@]1(O)CCC[C@@H](C(F)(F)F)C1)c1ccncc1. The highest BCUT2D eigenvalue weighted by Gasteiger charge is 2.46. The van der Waals surface area contributed by atoms with Crippen molar-refractivity contribution in [2.45, 2.75) is 37.5 Å². The molecule has 21 heavy (non-hydrogen) atoms. The Morgan fingerprint density at radius 3 is 2.71 bits per heavy atom. The van der Waals surface area contributed by atoms with Gasteiger partial charge in [-0.3, -0.25) is 9.78 Å². The number of nitrogens with zero attached hydrogens (tertiary/aromatic N) is 1. The van der Waals surface area contributed by atoms with Crippen molar-refractivity contribution in [2.75, 3.05) is 6.54 Å². The Labute approximate surface area is 120 Å². The van der Waals surface area contributed by atoms with Gasteiger partial charge in [-0.15, -0.1) is 0 Å². The first-order valence-corrected chi connectivity index (χ1v) is 6.77. The highest BCUT2D eigenvalue weighted by Crippen LogP contribution is 2.41. The maximum absolute atomic E-state index is 12.7. The predicted molar refractivity (Wildman–Crippen MR) is 69.5 cm³/mol. The van der Waals surface area contributed by atoms with Gasteiger partial charge in [0.25, 0.3) is 5.91 Å². The maximum Gasteiger partial charge on any atom is 0.391 e. The predicted octanol–water partition coefficient (Wildman–Crippen LogP) is 2.29. The molecule has 1 amide bonds. The van der Waals surface area contributed by atoms with E-state index in [-0.39, 0.29) is 25.8 Å². The molecule has 1 heterocycles. The van der Waals surface area contributed by atoms with Gasteiger partial charge in [0.2, 0.25) is 0 Å². The number of carbonyl (C=O) groups is 1. The molecule has 4 nitrogen and oxygen atoms in total. The van der Waals surface area contributed by atoms with Gasteiger partial charge in [0.1, 0.15) is 0 Å². The Morgan fingerprint density at radius 2 is 2.10 bits per heavy atom. The number of nitrogens with one attached hydrogen (secondary N) is 1. The summed E-state index contributed by atoms with van der Waals surface area (Å²) in [5, 5.41) is 12.8. The number of amides is 1. The number of aromatic nitrogens is 1. The molecule has 1 aromatic rings. The molecule has 2 N–H and O–H groups in total. The van der Waals surface area contributed by atoms with E-state index in [2.05, 4.69) is 10.3 Å². The first-order chi connectivity index (χ1) is 9.80. The second-order valence-corrected chi connectivity index (χ2v) is 5.48. The average molecular weight is 302 g/mol. The van der Waals surface area contributed by atoms with Crippen LogP contribution in [0.1, 0.15) is 36.0 Å². The fourth-order valence-electron chi connectivity index (χ4n) is 2.63. The molecule has 1 aliphatic carbocycles. The van der Waals surface area contributed by atoms with Gasteiger partial charge >= 0.3 is 6.18 Å². The van der Waals surface area contributed by atoms with E-state index in [0.717, 1.165) is 0 Å². The van der Waals surface area contributed by atoms with Crippen LogP contribution in [0.5, 0.6) is 0 Å². The third-order valence-electron chi connectivity index (χ3n) is 3.80. The van der Waals surface area contributed by atoms with E-state index in [9.17, 15) is 23.1 Å². The number of pyridine rings is 1. The minimum atomic E-state index is -4.30. The number of hydrogen-bond donors (Lipinski definition) is 2. The molecule has 1 aromatic heterocycles. The lowest BCUT2D eigenvalue weighted by molar-refractivity contribution is -0.199. The molecule has 1 aliphatic rings. The molecule has 0 unspecified atom stereocenters. The number of aliphatic hydroxyl groups is 1. The smallest absolute Gasteiger partial charge is 0.388 e. The summed E-state index contributed by atoms with van der Waals surface area (Å²) in [6.07, 6.45) is -1.18. The molecule has 7 heteroatoms. The molecule has 116 valence electrons. The van der Waals surface area contributed by atoms with Crippen molar-refractivity contribution in [3.8, 4) is 0 Å². The highest BCUT2D eigenvalue weighted by atomic mass is 19.4. The van der Waals surface area contributed by atoms with Crippen molar-refractivity contribution >= 4 is 5.91 Å². The van der Waals surface area contributed by atoms with Crippen LogP contribution in [0.15, 0.2) is 24.5 Å². The molecular weight excluding hydrogens is 285 g/mol. The van der Waals surface area contributed by atoms with Crippen LogP contribution in [-0.4, -0.2) is 34.3 Å². The maximum atomic E-state index is 12.7. The van der Waals surface area contributed by atoms with Crippen molar-refractivity contribution < 1.29 is 23.1 Å². The van der Waals surface area contributed by atoms with Gasteiger partial charge in [-0.25, -0.2) is 0 Å². The summed E-state index contributed by atoms with van der Waals surface area (Å²) in [4.78, 5) is 15.6. The van der Waals surface area contributed by atoms with Gasteiger partial charge in [0.05, 0.1) is 11.5 Å². The normalized spacial score (nSPS) is 26.4. The van der Waals surface area contributed by atoms with Gasteiger partial charge in [-0.05, 0) is 37.8 Å². The Kier molecular flexibility index (Phi) is 4.51.